The molecule has 2 aromatic carbocycles. The van der Waals surface area contributed by atoms with Gasteiger partial charge in [-0.3, -0.25) is 9.59 Å². The van der Waals surface area contributed by atoms with Crippen molar-refractivity contribution in [3.8, 4) is 17.2 Å². The van der Waals surface area contributed by atoms with Crippen molar-refractivity contribution < 1.29 is 28.9 Å². The summed E-state index contributed by atoms with van der Waals surface area (Å²) in [5.74, 6) is 0.178. The van der Waals surface area contributed by atoms with Gasteiger partial charge in [-0.2, -0.15) is 0 Å². The van der Waals surface area contributed by atoms with Gasteiger partial charge in [0.25, 0.3) is 11.7 Å². The fourth-order valence-corrected chi connectivity index (χ4v) is 4.74. The number of likely N-dealkylation sites (tertiary alicyclic amines) is 1. The van der Waals surface area contributed by atoms with Gasteiger partial charge in [-0.1, -0.05) is 26.8 Å². The van der Waals surface area contributed by atoms with E-state index in [9.17, 15) is 14.7 Å². The van der Waals surface area contributed by atoms with Crippen LogP contribution in [0, 0.1) is 0 Å². The van der Waals surface area contributed by atoms with Gasteiger partial charge in [0, 0.05) is 17.7 Å². The van der Waals surface area contributed by atoms with Gasteiger partial charge in [-0.25, -0.2) is 0 Å². The van der Waals surface area contributed by atoms with Gasteiger partial charge in [-0.15, -0.1) is 0 Å². The Balaban J connectivity index is 2.21. The van der Waals surface area contributed by atoms with Crippen LogP contribution >= 0.6 is 0 Å². The Kier molecular flexibility index (Phi) is 9.09. The maximum Gasteiger partial charge on any atom is 0.295 e. The number of nitrogens with zero attached hydrogens (tertiary/aromatic N) is 2. The van der Waals surface area contributed by atoms with Crippen LogP contribution in [-0.4, -0.2) is 74.6 Å². The Morgan fingerprint density at radius 1 is 1.00 bits per heavy atom. The van der Waals surface area contributed by atoms with Crippen molar-refractivity contribution in [3.63, 3.8) is 0 Å². The summed E-state index contributed by atoms with van der Waals surface area (Å²) < 4.78 is 16.8. The third kappa shape index (κ3) is 5.96. The molecule has 1 aliphatic heterocycles. The van der Waals surface area contributed by atoms with Gasteiger partial charge >= 0.3 is 0 Å². The lowest BCUT2D eigenvalue weighted by Crippen LogP contribution is -2.32. The van der Waals surface area contributed by atoms with Crippen molar-refractivity contribution in [3.05, 3.63) is 58.7 Å². The number of carbonyl (C=O) groups excluding carboxylic acids is 2. The molecule has 1 heterocycles. The number of amides is 1. The summed E-state index contributed by atoms with van der Waals surface area (Å²) in [6.45, 7) is 9.59. The molecular weight excluding hydrogens is 484 g/mol. The van der Waals surface area contributed by atoms with Gasteiger partial charge < -0.3 is 29.1 Å². The van der Waals surface area contributed by atoms with E-state index in [0.717, 1.165) is 12.1 Å². The van der Waals surface area contributed by atoms with E-state index in [1.807, 2.05) is 58.8 Å². The number of carbonyl (C=O) groups is 2. The topological polar surface area (TPSA) is 88.5 Å². The molecule has 2 aromatic rings. The summed E-state index contributed by atoms with van der Waals surface area (Å²) in [5, 5.41) is 11.6. The molecule has 0 bridgehead atoms. The van der Waals surface area contributed by atoms with Gasteiger partial charge in [0.05, 0.1) is 32.4 Å². The molecule has 0 aliphatic carbocycles. The smallest absolute Gasteiger partial charge is 0.295 e. The van der Waals surface area contributed by atoms with Crippen molar-refractivity contribution in [1.82, 2.24) is 9.80 Å². The second-order valence-electron chi connectivity index (χ2n) is 10.7. The van der Waals surface area contributed by atoms with E-state index in [1.165, 1.54) is 0 Å². The monoisotopic (exact) mass is 524 g/mol. The number of benzene rings is 2. The molecule has 3 rings (SSSR count). The minimum absolute atomic E-state index is 0.0519. The van der Waals surface area contributed by atoms with Crippen LogP contribution in [0.3, 0.4) is 0 Å². The third-order valence-corrected chi connectivity index (χ3v) is 6.63. The molecule has 0 saturated carbocycles. The molecular formula is C30H40N2O6. The van der Waals surface area contributed by atoms with Crippen molar-refractivity contribution in [2.75, 3.05) is 48.0 Å². The average Bonchev–Trinajstić information content (AvgIpc) is 3.12. The van der Waals surface area contributed by atoms with Crippen LogP contribution in [0.5, 0.6) is 17.2 Å². The van der Waals surface area contributed by atoms with E-state index in [1.54, 1.807) is 43.4 Å². The number of hydrogen-bond donors (Lipinski definition) is 1. The van der Waals surface area contributed by atoms with Crippen molar-refractivity contribution >= 4 is 17.4 Å². The second kappa shape index (κ2) is 11.9. The molecule has 0 aromatic heterocycles. The molecule has 0 spiro atoms. The van der Waals surface area contributed by atoms with Crippen LogP contribution in [0.2, 0.25) is 0 Å². The quantitative estimate of drug-likeness (QED) is 0.272. The summed E-state index contributed by atoms with van der Waals surface area (Å²) in [7, 11) is 7.06. The number of ether oxygens (including phenoxy) is 3. The summed E-state index contributed by atoms with van der Waals surface area (Å²) in [6.07, 6.45) is 0.668. The normalized spacial score (nSPS) is 17.3. The summed E-state index contributed by atoms with van der Waals surface area (Å²) in [5.41, 5.74) is 1.76. The molecule has 1 unspecified atom stereocenters. The van der Waals surface area contributed by atoms with Crippen LogP contribution in [0.15, 0.2) is 42.0 Å². The Hall–Kier alpha value is -3.52. The van der Waals surface area contributed by atoms with Gasteiger partial charge in [0.15, 0.2) is 11.5 Å². The Morgan fingerprint density at radius 2 is 1.66 bits per heavy atom. The first kappa shape index (κ1) is 29.0. The number of hydrogen-bond acceptors (Lipinski definition) is 7. The van der Waals surface area contributed by atoms with E-state index >= 15 is 0 Å². The van der Waals surface area contributed by atoms with Crippen LogP contribution in [0.1, 0.15) is 56.8 Å². The van der Waals surface area contributed by atoms with Crippen LogP contribution in [-0.2, 0) is 15.0 Å². The predicted octanol–water partition coefficient (Wildman–Crippen LogP) is 4.77. The van der Waals surface area contributed by atoms with Crippen molar-refractivity contribution in [2.45, 2.75) is 45.6 Å². The average molecular weight is 525 g/mol. The first-order valence-electron chi connectivity index (χ1n) is 12.9. The third-order valence-electron chi connectivity index (χ3n) is 6.63. The highest BCUT2D eigenvalue weighted by Gasteiger charge is 2.46. The zero-order valence-electron chi connectivity index (χ0n) is 23.8. The molecule has 38 heavy (non-hydrogen) atoms. The summed E-state index contributed by atoms with van der Waals surface area (Å²) >= 11 is 0. The number of Topliss-reactive ketones (excluding diaryl/α,β-unsaturated/α-hetero) is 1. The minimum Gasteiger partial charge on any atom is -0.507 e. The molecule has 8 heteroatoms. The molecule has 8 nitrogen and oxygen atoms in total. The first-order valence-corrected chi connectivity index (χ1v) is 12.9. The fourth-order valence-electron chi connectivity index (χ4n) is 4.74. The lowest BCUT2D eigenvalue weighted by molar-refractivity contribution is -0.139. The molecule has 1 N–H and O–H groups in total. The number of methoxy groups -OCH3 is 2. The molecule has 206 valence electrons. The number of rotatable bonds is 10. The van der Waals surface area contributed by atoms with E-state index < -0.39 is 17.7 Å². The highest BCUT2D eigenvalue weighted by Crippen LogP contribution is 2.43. The van der Waals surface area contributed by atoms with Crippen LogP contribution in [0.4, 0.5) is 0 Å². The molecule has 1 atom stereocenters. The highest BCUT2D eigenvalue weighted by molar-refractivity contribution is 6.46. The Morgan fingerprint density at radius 3 is 2.24 bits per heavy atom. The van der Waals surface area contributed by atoms with E-state index in [4.69, 9.17) is 14.2 Å². The predicted molar refractivity (Wildman–Crippen MR) is 148 cm³/mol. The number of ketones is 1. The molecule has 1 aliphatic rings. The first-order chi connectivity index (χ1) is 17.9. The number of aliphatic hydroxyl groups excluding tert-OH is 1. The van der Waals surface area contributed by atoms with Crippen molar-refractivity contribution in [2.24, 2.45) is 0 Å². The summed E-state index contributed by atoms with van der Waals surface area (Å²) in [6, 6.07) is 9.87. The molecule has 1 fully saturated rings. The van der Waals surface area contributed by atoms with Crippen molar-refractivity contribution in [1.29, 1.82) is 0 Å². The standard InChI is InChI=1S/C30H40N2O6/c1-9-38-23-14-11-19(18-24(23)37-8)26-25(28(34)29(35)32(26)16-10-15-31(5)6)27(33)20-12-13-22(36-7)21(17-20)30(2,3)4/h11-14,17-18,26,33H,9-10,15-16H2,1-8H3/b27-25+. The maximum atomic E-state index is 13.4. The van der Waals surface area contributed by atoms with Crippen LogP contribution in [0.25, 0.3) is 5.76 Å². The Labute approximate surface area is 225 Å². The maximum absolute atomic E-state index is 13.4. The second-order valence-corrected chi connectivity index (χ2v) is 10.7. The van der Waals surface area contributed by atoms with E-state index in [2.05, 4.69) is 0 Å². The van der Waals surface area contributed by atoms with Gasteiger partial charge in [0.2, 0.25) is 0 Å². The van der Waals surface area contributed by atoms with E-state index in [-0.39, 0.29) is 16.7 Å². The fraction of sp³-hybridized carbons (Fsp3) is 0.467. The minimum atomic E-state index is -0.776. The zero-order chi connectivity index (χ0) is 28.2. The van der Waals surface area contributed by atoms with E-state index in [0.29, 0.717) is 47.9 Å². The highest BCUT2D eigenvalue weighted by atomic mass is 16.5. The SMILES string of the molecule is CCOc1ccc(C2/C(=C(\O)c3ccc(OC)c(C(C)(C)C)c3)C(=O)C(=O)N2CCCN(C)C)cc1OC. The molecule has 1 saturated heterocycles. The summed E-state index contributed by atoms with van der Waals surface area (Å²) in [4.78, 5) is 30.3. The van der Waals surface area contributed by atoms with Gasteiger partial charge in [0.1, 0.15) is 11.5 Å². The lowest BCUT2D eigenvalue weighted by Gasteiger charge is -2.27. The molecule has 0 radical (unpaired) electrons. The Bertz CT molecular complexity index is 1210. The van der Waals surface area contributed by atoms with Gasteiger partial charge in [-0.05, 0) is 75.3 Å². The molecule has 1 amide bonds. The lowest BCUT2D eigenvalue weighted by atomic mass is 9.84. The largest absolute Gasteiger partial charge is 0.507 e. The van der Waals surface area contributed by atoms with Crippen LogP contribution < -0.4 is 14.2 Å². The number of aliphatic hydroxyl groups is 1. The zero-order valence-corrected chi connectivity index (χ0v) is 23.8.